The van der Waals surface area contributed by atoms with E-state index in [1.54, 1.807) is 12.1 Å². The fourth-order valence-corrected chi connectivity index (χ4v) is 2.90. The van der Waals surface area contributed by atoms with Crippen LogP contribution in [-0.2, 0) is 19.3 Å². The van der Waals surface area contributed by atoms with Gasteiger partial charge in [0.1, 0.15) is 0 Å². The third-order valence-corrected chi connectivity index (χ3v) is 4.02. The maximum Gasteiger partial charge on any atom is 0.335 e. The Labute approximate surface area is 119 Å². The van der Waals surface area contributed by atoms with E-state index in [4.69, 9.17) is 5.11 Å². The lowest BCUT2D eigenvalue weighted by Gasteiger charge is -2.16. The van der Waals surface area contributed by atoms with Crippen LogP contribution in [0.1, 0.15) is 45.5 Å². The molecule has 0 saturated carbocycles. The molecule has 3 rings (SSSR count). The predicted molar refractivity (Wildman–Crippen MR) is 79.3 cm³/mol. The van der Waals surface area contributed by atoms with Gasteiger partial charge in [0, 0.05) is 0 Å². The second-order valence-electron chi connectivity index (χ2n) is 5.49. The molecule has 0 radical (unpaired) electrons. The first-order chi connectivity index (χ1) is 9.72. The summed E-state index contributed by atoms with van der Waals surface area (Å²) >= 11 is 0. The number of hydrogen-bond acceptors (Lipinski definition) is 1. The minimum Gasteiger partial charge on any atom is -0.478 e. The van der Waals surface area contributed by atoms with Gasteiger partial charge in [0.15, 0.2) is 0 Å². The van der Waals surface area contributed by atoms with Crippen LogP contribution in [0.4, 0.5) is 0 Å². The van der Waals surface area contributed by atoms with Crippen molar-refractivity contribution in [3.63, 3.8) is 0 Å². The minimum absolute atomic E-state index is 0.346. The molecule has 2 heteroatoms. The van der Waals surface area contributed by atoms with Crippen molar-refractivity contribution < 1.29 is 9.90 Å². The third-order valence-electron chi connectivity index (χ3n) is 4.02. The highest BCUT2D eigenvalue weighted by Gasteiger charge is 2.09. The van der Waals surface area contributed by atoms with Gasteiger partial charge < -0.3 is 5.11 Å². The quantitative estimate of drug-likeness (QED) is 0.916. The van der Waals surface area contributed by atoms with E-state index in [2.05, 4.69) is 18.2 Å². The monoisotopic (exact) mass is 266 g/mol. The number of carboxylic acid groups (broad SMARTS) is 1. The van der Waals surface area contributed by atoms with E-state index in [1.165, 1.54) is 42.4 Å². The molecule has 1 N–H and O–H groups in total. The molecular weight excluding hydrogens is 248 g/mol. The molecule has 0 heterocycles. The van der Waals surface area contributed by atoms with Crippen LogP contribution in [0.2, 0.25) is 0 Å². The molecular formula is C18H18O2. The van der Waals surface area contributed by atoms with E-state index in [9.17, 15) is 4.79 Å². The number of carboxylic acids is 1. The standard InChI is InChI=1S/C18H18O2/c19-18(20)16-9-5-13(6-10-16)11-14-7-8-15-3-1-2-4-17(15)12-14/h5-10,12H,1-4,11H2,(H,19,20). The first-order valence-corrected chi connectivity index (χ1v) is 7.15. The lowest BCUT2D eigenvalue weighted by Crippen LogP contribution is -2.03. The van der Waals surface area contributed by atoms with E-state index in [-0.39, 0.29) is 0 Å². The summed E-state index contributed by atoms with van der Waals surface area (Å²) in [5.74, 6) is -0.870. The van der Waals surface area contributed by atoms with Crippen molar-refractivity contribution in [2.45, 2.75) is 32.1 Å². The van der Waals surface area contributed by atoms with Crippen molar-refractivity contribution >= 4 is 5.97 Å². The lowest BCUT2D eigenvalue weighted by molar-refractivity contribution is 0.0697. The molecule has 0 unspecified atom stereocenters. The maximum atomic E-state index is 10.8. The fraction of sp³-hybridized carbons (Fsp3) is 0.278. The van der Waals surface area contributed by atoms with Gasteiger partial charge in [-0.15, -0.1) is 0 Å². The molecule has 0 fully saturated rings. The van der Waals surface area contributed by atoms with Crippen molar-refractivity contribution in [3.8, 4) is 0 Å². The van der Waals surface area contributed by atoms with Crippen molar-refractivity contribution in [3.05, 3.63) is 70.3 Å². The van der Waals surface area contributed by atoms with Crippen molar-refractivity contribution in [1.82, 2.24) is 0 Å². The minimum atomic E-state index is -0.870. The molecule has 0 atom stereocenters. The largest absolute Gasteiger partial charge is 0.478 e. The zero-order valence-electron chi connectivity index (χ0n) is 11.4. The van der Waals surface area contributed by atoms with Crippen LogP contribution in [0, 0.1) is 0 Å². The number of fused-ring (bicyclic) bond motifs is 1. The SMILES string of the molecule is O=C(O)c1ccc(Cc2ccc3c(c2)CCCC3)cc1. The zero-order valence-corrected chi connectivity index (χ0v) is 11.4. The third kappa shape index (κ3) is 2.74. The molecule has 1 aliphatic rings. The Hall–Kier alpha value is -2.09. The van der Waals surface area contributed by atoms with Gasteiger partial charge in [0.25, 0.3) is 0 Å². The van der Waals surface area contributed by atoms with Gasteiger partial charge >= 0.3 is 5.97 Å². The van der Waals surface area contributed by atoms with E-state index >= 15 is 0 Å². The summed E-state index contributed by atoms with van der Waals surface area (Å²) in [6.45, 7) is 0. The van der Waals surface area contributed by atoms with E-state index < -0.39 is 5.97 Å². The van der Waals surface area contributed by atoms with E-state index in [1.807, 2.05) is 12.1 Å². The average Bonchev–Trinajstić information content (AvgIpc) is 2.48. The van der Waals surface area contributed by atoms with Crippen LogP contribution in [0.5, 0.6) is 0 Å². The number of hydrogen-bond donors (Lipinski definition) is 1. The second kappa shape index (κ2) is 5.49. The number of aryl methyl sites for hydroxylation is 2. The number of rotatable bonds is 3. The summed E-state index contributed by atoms with van der Waals surface area (Å²) in [5.41, 5.74) is 5.82. The predicted octanol–water partition coefficient (Wildman–Crippen LogP) is 3.85. The molecule has 20 heavy (non-hydrogen) atoms. The molecule has 2 aromatic carbocycles. The summed E-state index contributed by atoms with van der Waals surface area (Å²) in [6, 6.07) is 13.9. The first-order valence-electron chi connectivity index (χ1n) is 7.15. The molecule has 0 saturated heterocycles. The molecule has 102 valence electrons. The molecule has 1 aliphatic carbocycles. The molecule has 0 aliphatic heterocycles. The molecule has 0 spiro atoms. The normalized spacial score (nSPS) is 13.8. The molecule has 2 nitrogen and oxygen atoms in total. The Morgan fingerprint density at radius 2 is 1.55 bits per heavy atom. The Morgan fingerprint density at radius 3 is 2.25 bits per heavy atom. The Bertz CT molecular complexity index is 626. The highest BCUT2D eigenvalue weighted by atomic mass is 16.4. The summed E-state index contributed by atoms with van der Waals surface area (Å²) in [4.78, 5) is 10.8. The topological polar surface area (TPSA) is 37.3 Å². The Morgan fingerprint density at radius 1 is 0.900 bits per heavy atom. The van der Waals surface area contributed by atoms with Crippen molar-refractivity contribution in [2.75, 3.05) is 0 Å². The Kier molecular flexibility index (Phi) is 3.55. The van der Waals surface area contributed by atoms with Gasteiger partial charge in [0.05, 0.1) is 5.56 Å². The van der Waals surface area contributed by atoms with Gasteiger partial charge in [0.2, 0.25) is 0 Å². The first kappa shape index (κ1) is 12.9. The fourth-order valence-electron chi connectivity index (χ4n) is 2.90. The van der Waals surface area contributed by atoms with Crippen LogP contribution in [0.25, 0.3) is 0 Å². The van der Waals surface area contributed by atoms with Gasteiger partial charge in [-0.2, -0.15) is 0 Å². The van der Waals surface area contributed by atoms with Crippen LogP contribution in [-0.4, -0.2) is 11.1 Å². The molecule has 0 amide bonds. The number of carbonyl (C=O) groups is 1. The maximum absolute atomic E-state index is 10.8. The molecule has 0 aromatic heterocycles. The Balaban J connectivity index is 1.78. The van der Waals surface area contributed by atoms with Gasteiger partial charge in [-0.25, -0.2) is 4.79 Å². The average molecular weight is 266 g/mol. The van der Waals surface area contributed by atoms with Crippen molar-refractivity contribution in [2.24, 2.45) is 0 Å². The van der Waals surface area contributed by atoms with Crippen molar-refractivity contribution in [1.29, 1.82) is 0 Å². The summed E-state index contributed by atoms with van der Waals surface area (Å²) in [7, 11) is 0. The summed E-state index contributed by atoms with van der Waals surface area (Å²) < 4.78 is 0. The molecule has 2 aromatic rings. The number of benzene rings is 2. The van der Waals surface area contributed by atoms with Gasteiger partial charge in [-0.3, -0.25) is 0 Å². The van der Waals surface area contributed by atoms with E-state index in [0.29, 0.717) is 5.56 Å². The molecule has 0 bridgehead atoms. The summed E-state index contributed by atoms with van der Waals surface area (Å²) in [5, 5.41) is 8.90. The highest BCUT2D eigenvalue weighted by molar-refractivity contribution is 5.87. The van der Waals surface area contributed by atoms with Crippen LogP contribution in [0.3, 0.4) is 0 Å². The summed E-state index contributed by atoms with van der Waals surface area (Å²) in [6.07, 6.45) is 5.88. The number of aromatic carboxylic acids is 1. The highest BCUT2D eigenvalue weighted by Crippen LogP contribution is 2.23. The van der Waals surface area contributed by atoms with Crippen LogP contribution < -0.4 is 0 Å². The lowest BCUT2D eigenvalue weighted by atomic mass is 9.89. The van der Waals surface area contributed by atoms with Crippen LogP contribution >= 0.6 is 0 Å². The zero-order chi connectivity index (χ0) is 13.9. The second-order valence-corrected chi connectivity index (χ2v) is 5.49. The van der Waals surface area contributed by atoms with Crippen LogP contribution in [0.15, 0.2) is 42.5 Å². The van der Waals surface area contributed by atoms with Gasteiger partial charge in [-0.1, -0.05) is 30.3 Å². The van der Waals surface area contributed by atoms with Gasteiger partial charge in [-0.05, 0) is 66.5 Å². The smallest absolute Gasteiger partial charge is 0.335 e. The van der Waals surface area contributed by atoms with E-state index in [0.717, 1.165) is 12.0 Å².